The minimum atomic E-state index is -0.791. The number of nitriles is 1. The summed E-state index contributed by atoms with van der Waals surface area (Å²) in [5, 5.41) is 18.9. The van der Waals surface area contributed by atoms with Gasteiger partial charge in [0.1, 0.15) is 0 Å². The van der Waals surface area contributed by atoms with E-state index >= 15 is 0 Å². The highest BCUT2D eigenvalue weighted by molar-refractivity contribution is 7.19. The number of carboxylic acids is 1. The van der Waals surface area contributed by atoms with E-state index in [0.717, 1.165) is 26.1 Å². The van der Waals surface area contributed by atoms with Crippen molar-refractivity contribution in [3.63, 3.8) is 0 Å². The molecular weight excluding hydrogens is 308 g/mol. The molecule has 0 unspecified atom stereocenters. The average Bonchev–Trinajstić information content (AvgIpc) is 2.98. The van der Waals surface area contributed by atoms with Gasteiger partial charge in [-0.25, -0.2) is 0 Å². The quantitative estimate of drug-likeness (QED) is 0.772. The van der Waals surface area contributed by atoms with Gasteiger partial charge in [0.25, 0.3) is 0 Å². The number of aliphatic carboxylic acids is 1. The topological polar surface area (TPSA) is 74.0 Å². The molecule has 0 bridgehead atoms. The predicted molar refractivity (Wildman–Crippen MR) is 90.4 cm³/mol. The number of carbonyl (C=O) groups is 1. The van der Waals surface area contributed by atoms with Crippen LogP contribution in [0.3, 0.4) is 0 Å². The maximum Gasteiger partial charge on any atom is 0.303 e. The Morgan fingerprint density at radius 2 is 2.09 bits per heavy atom. The van der Waals surface area contributed by atoms with E-state index in [1.807, 2.05) is 31.3 Å². The third-order valence-electron chi connectivity index (χ3n) is 3.73. The lowest BCUT2D eigenvalue weighted by molar-refractivity contribution is -0.137. The van der Waals surface area contributed by atoms with Gasteiger partial charge in [0.05, 0.1) is 18.1 Å². The summed E-state index contributed by atoms with van der Waals surface area (Å²) in [7, 11) is 0. The highest BCUT2D eigenvalue weighted by Gasteiger charge is 2.15. The van der Waals surface area contributed by atoms with Crippen molar-refractivity contribution in [3.8, 4) is 17.2 Å². The first-order valence-corrected chi connectivity index (χ1v) is 8.00. The fourth-order valence-electron chi connectivity index (χ4n) is 2.52. The third kappa shape index (κ3) is 3.08. The van der Waals surface area contributed by atoms with E-state index in [1.165, 1.54) is 0 Å². The number of fused-ring (bicyclic) bond motifs is 1. The molecule has 0 aliphatic rings. The van der Waals surface area contributed by atoms with Crippen molar-refractivity contribution >= 4 is 27.4 Å². The van der Waals surface area contributed by atoms with Crippen LogP contribution in [-0.2, 0) is 4.79 Å². The number of thiophene rings is 1. The van der Waals surface area contributed by atoms with Crippen LogP contribution in [0.1, 0.15) is 29.7 Å². The van der Waals surface area contributed by atoms with Gasteiger partial charge < -0.3 is 5.11 Å². The standard InChI is InChI=1S/C18H14N2O2S/c1-11(6-17(21)22)16-7-14-9-20-10-15(18(14)23-16)13-4-2-12(8-19)3-5-13/h2-5,7,9-11H,6H2,1H3,(H,21,22)/t11-/m1/s1. The van der Waals surface area contributed by atoms with Gasteiger partial charge in [-0.05, 0) is 23.8 Å². The molecule has 0 spiro atoms. The van der Waals surface area contributed by atoms with E-state index in [1.54, 1.807) is 29.7 Å². The monoisotopic (exact) mass is 322 g/mol. The second-order valence-corrected chi connectivity index (χ2v) is 6.53. The molecule has 1 N–H and O–H groups in total. The summed E-state index contributed by atoms with van der Waals surface area (Å²) < 4.78 is 1.09. The first kappa shape index (κ1) is 15.2. The smallest absolute Gasteiger partial charge is 0.303 e. The average molecular weight is 322 g/mol. The molecule has 0 aliphatic carbocycles. The molecule has 114 valence electrons. The van der Waals surface area contributed by atoms with E-state index in [2.05, 4.69) is 11.1 Å². The number of benzene rings is 1. The molecule has 0 saturated carbocycles. The van der Waals surface area contributed by atoms with Crippen LogP contribution in [0.15, 0.2) is 42.7 Å². The molecule has 3 aromatic rings. The van der Waals surface area contributed by atoms with Crippen LogP contribution in [0.5, 0.6) is 0 Å². The van der Waals surface area contributed by atoms with Gasteiger partial charge in [0.15, 0.2) is 0 Å². The van der Waals surface area contributed by atoms with E-state index in [4.69, 9.17) is 10.4 Å². The highest BCUT2D eigenvalue weighted by atomic mass is 32.1. The van der Waals surface area contributed by atoms with Crippen LogP contribution >= 0.6 is 11.3 Å². The van der Waals surface area contributed by atoms with Gasteiger partial charge in [0, 0.05) is 38.8 Å². The summed E-state index contributed by atoms with van der Waals surface area (Å²) in [4.78, 5) is 16.3. The Bertz CT molecular complexity index is 907. The summed E-state index contributed by atoms with van der Waals surface area (Å²) in [6.45, 7) is 1.92. The van der Waals surface area contributed by atoms with Gasteiger partial charge in [0.2, 0.25) is 0 Å². The summed E-state index contributed by atoms with van der Waals surface area (Å²) in [6, 6.07) is 11.5. The number of rotatable bonds is 4. The molecule has 0 radical (unpaired) electrons. The molecule has 0 aliphatic heterocycles. The second kappa shape index (κ2) is 6.19. The number of carboxylic acid groups (broad SMARTS) is 1. The number of hydrogen-bond donors (Lipinski definition) is 1. The van der Waals surface area contributed by atoms with Crippen LogP contribution in [0.4, 0.5) is 0 Å². The second-order valence-electron chi connectivity index (χ2n) is 5.44. The Balaban J connectivity index is 2.06. The van der Waals surface area contributed by atoms with Gasteiger partial charge in [-0.2, -0.15) is 5.26 Å². The van der Waals surface area contributed by atoms with Crippen molar-refractivity contribution in [1.82, 2.24) is 4.98 Å². The lowest BCUT2D eigenvalue weighted by Gasteiger charge is -2.04. The Kier molecular flexibility index (Phi) is 4.09. The Morgan fingerprint density at radius 1 is 1.35 bits per heavy atom. The lowest BCUT2D eigenvalue weighted by Crippen LogP contribution is -2.00. The molecule has 2 aromatic heterocycles. The number of aromatic nitrogens is 1. The Morgan fingerprint density at radius 3 is 2.74 bits per heavy atom. The normalized spacial score (nSPS) is 12.0. The molecule has 23 heavy (non-hydrogen) atoms. The van der Waals surface area contributed by atoms with Crippen molar-refractivity contribution < 1.29 is 9.90 Å². The van der Waals surface area contributed by atoms with Crippen molar-refractivity contribution in [2.24, 2.45) is 0 Å². The van der Waals surface area contributed by atoms with E-state index in [9.17, 15) is 4.79 Å². The third-order valence-corrected chi connectivity index (χ3v) is 5.15. The highest BCUT2D eigenvalue weighted by Crippen LogP contribution is 2.37. The first-order valence-electron chi connectivity index (χ1n) is 7.18. The largest absolute Gasteiger partial charge is 0.481 e. The molecule has 0 saturated heterocycles. The summed E-state index contributed by atoms with van der Waals surface area (Å²) in [5.74, 6) is -0.820. The number of pyridine rings is 1. The number of nitrogens with zero attached hydrogens (tertiary/aromatic N) is 2. The number of hydrogen-bond acceptors (Lipinski definition) is 4. The molecule has 0 amide bonds. The van der Waals surface area contributed by atoms with E-state index in [-0.39, 0.29) is 12.3 Å². The van der Waals surface area contributed by atoms with Crippen molar-refractivity contribution in [3.05, 3.63) is 53.2 Å². The van der Waals surface area contributed by atoms with Gasteiger partial charge in [-0.3, -0.25) is 9.78 Å². The summed E-state index contributed by atoms with van der Waals surface area (Å²) in [5.41, 5.74) is 2.63. The zero-order valence-corrected chi connectivity index (χ0v) is 13.3. The van der Waals surface area contributed by atoms with Gasteiger partial charge >= 0.3 is 5.97 Å². The van der Waals surface area contributed by atoms with Crippen molar-refractivity contribution in [2.45, 2.75) is 19.3 Å². The molecule has 3 rings (SSSR count). The van der Waals surface area contributed by atoms with Gasteiger partial charge in [-0.1, -0.05) is 19.1 Å². The Labute approximate surface area is 137 Å². The zero-order valence-electron chi connectivity index (χ0n) is 12.5. The SMILES string of the molecule is C[C@H](CC(=O)O)c1cc2cncc(-c3ccc(C#N)cc3)c2s1. The van der Waals surface area contributed by atoms with Crippen molar-refractivity contribution in [1.29, 1.82) is 5.26 Å². The van der Waals surface area contributed by atoms with Crippen LogP contribution in [0.2, 0.25) is 0 Å². The molecule has 0 fully saturated rings. The summed E-state index contributed by atoms with van der Waals surface area (Å²) in [6.07, 6.45) is 3.73. The molecule has 1 aromatic carbocycles. The van der Waals surface area contributed by atoms with E-state index in [0.29, 0.717) is 5.56 Å². The predicted octanol–water partition coefficient (Wildman–Crippen LogP) is 4.41. The van der Waals surface area contributed by atoms with Crippen molar-refractivity contribution in [2.75, 3.05) is 0 Å². The maximum atomic E-state index is 10.9. The minimum Gasteiger partial charge on any atom is -0.481 e. The van der Waals surface area contributed by atoms with E-state index < -0.39 is 5.97 Å². The van der Waals surface area contributed by atoms with Crippen LogP contribution in [-0.4, -0.2) is 16.1 Å². The fraction of sp³-hybridized carbons (Fsp3) is 0.167. The molecule has 5 heteroatoms. The molecule has 1 atom stereocenters. The van der Waals surface area contributed by atoms with Crippen LogP contribution < -0.4 is 0 Å². The van der Waals surface area contributed by atoms with Crippen LogP contribution in [0, 0.1) is 11.3 Å². The van der Waals surface area contributed by atoms with Crippen LogP contribution in [0.25, 0.3) is 21.2 Å². The lowest BCUT2D eigenvalue weighted by atomic mass is 10.0. The maximum absolute atomic E-state index is 10.9. The Hall–Kier alpha value is -2.71. The molecule has 4 nitrogen and oxygen atoms in total. The zero-order chi connectivity index (χ0) is 16.4. The molecule has 2 heterocycles. The first-order chi connectivity index (χ1) is 11.1. The fourth-order valence-corrected chi connectivity index (χ4v) is 3.73. The minimum absolute atomic E-state index is 0.0290. The molecular formula is C18H14N2O2S. The summed E-state index contributed by atoms with van der Waals surface area (Å²) >= 11 is 1.61. The van der Waals surface area contributed by atoms with Gasteiger partial charge in [-0.15, -0.1) is 11.3 Å².